The molecule has 4 atom stereocenters. The second-order valence-corrected chi connectivity index (χ2v) is 12.0. The maximum atomic E-state index is 11.9. The van der Waals surface area contributed by atoms with Gasteiger partial charge in [-0.2, -0.15) is 4.98 Å². The molecule has 11 nitrogen and oxygen atoms in total. The summed E-state index contributed by atoms with van der Waals surface area (Å²) in [6.07, 6.45) is 5.15. The number of carbonyl (C=O) groups is 1. The number of fused-ring (bicyclic) bond motifs is 2. The van der Waals surface area contributed by atoms with E-state index in [9.17, 15) is 4.79 Å². The van der Waals surface area contributed by atoms with Crippen LogP contribution in [-0.4, -0.2) is 71.0 Å². The highest BCUT2D eigenvalue weighted by atomic mass is 32.1. The van der Waals surface area contributed by atoms with Gasteiger partial charge in [0.05, 0.1) is 48.5 Å². The van der Waals surface area contributed by atoms with Crippen molar-refractivity contribution in [3.05, 3.63) is 47.9 Å². The lowest BCUT2D eigenvalue weighted by molar-refractivity contribution is -0.157. The Morgan fingerprint density at radius 2 is 1.86 bits per heavy atom. The molecule has 4 aromatic rings. The van der Waals surface area contributed by atoms with Crippen molar-refractivity contribution in [1.29, 1.82) is 0 Å². The molecule has 0 amide bonds. The summed E-state index contributed by atoms with van der Waals surface area (Å²) in [5.41, 5.74) is 3.46. The number of methoxy groups -OCH3 is 2. The zero-order chi connectivity index (χ0) is 29.4. The number of nitrogens with zero attached hydrogens (tertiary/aromatic N) is 4. The monoisotopic (exact) mass is 590 g/mol. The van der Waals surface area contributed by atoms with Gasteiger partial charge in [-0.3, -0.25) is 4.98 Å². The van der Waals surface area contributed by atoms with Gasteiger partial charge in [0.25, 0.3) is 0 Å². The largest absolute Gasteiger partial charge is 0.497 e. The van der Waals surface area contributed by atoms with Crippen LogP contribution in [0.25, 0.3) is 20.8 Å². The van der Waals surface area contributed by atoms with E-state index in [2.05, 4.69) is 15.6 Å². The predicted octanol–water partition coefficient (Wildman–Crippen LogP) is 4.65. The Bertz CT molecular complexity index is 1560. The number of hydrogen-bond donors (Lipinski definition) is 2. The highest BCUT2D eigenvalue weighted by molar-refractivity contribution is 7.21. The molecule has 220 valence electrons. The summed E-state index contributed by atoms with van der Waals surface area (Å²) in [5, 5.41) is 7.77. The number of pyridine rings is 1. The summed E-state index contributed by atoms with van der Waals surface area (Å²) in [5.74, 6) is 1.56. The van der Waals surface area contributed by atoms with Crippen molar-refractivity contribution in [3.63, 3.8) is 0 Å². The topological polar surface area (TPSA) is 130 Å². The third-order valence-electron chi connectivity index (χ3n) is 7.61. The zero-order valence-electron chi connectivity index (χ0n) is 24.2. The fourth-order valence-corrected chi connectivity index (χ4v) is 6.73. The van der Waals surface area contributed by atoms with Gasteiger partial charge < -0.3 is 34.4 Å². The van der Waals surface area contributed by atoms with Gasteiger partial charge in [0.2, 0.25) is 5.95 Å². The molecule has 1 aliphatic heterocycles. The van der Waals surface area contributed by atoms with Crippen LogP contribution in [0.4, 0.5) is 11.8 Å². The first kappa shape index (κ1) is 28.3. The fraction of sp³-hybridized carbons (Fsp3) is 0.433. The van der Waals surface area contributed by atoms with Crippen LogP contribution in [0.5, 0.6) is 11.5 Å². The minimum atomic E-state index is -0.767. The first-order valence-corrected chi connectivity index (χ1v) is 14.7. The molecule has 1 aromatic carbocycles. The number of anilines is 2. The summed E-state index contributed by atoms with van der Waals surface area (Å²) < 4.78 is 24.2. The smallest absolute Gasteiger partial charge is 0.224 e. The van der Waals surface area contributed by atoms with Crippen molar-refractivity contribution >= 4 is 39.6 Å². The molecule has 4 unspecified atom stereocenters. The van der Waals surface area contributed by atoms with Gasteiger partial charge in [0.15, 0.2) is 5.79 Å². The zero-order valence-corrected chi connectivity index (χ0v) is 25.0. The quantitative estimate of drug-likeness (QED) is 0.250. The molecule has 2 N–H and O–H groups in total. The number of rotatable bonds is 10. The van der Waals surface area contributed by atoms with Crippen LogP contribution in [0.1, 0.15) is 31.5 Å². The average molecular weight is 591 g/mol. The van der Waals surface area contributed by atoms with Gasteiger partial charge >= 0.3 is 0 Å². The molecule has 0 radical (unpaired) electrons. The van der Waals surface area contributed by atoms with Crippen molar-refractivity contribution in [1.82, 2.24) is 19.9 Å². The Morgan fingerprint density at radius 1 is 1.10 bits per heavy atom. The number of aryl methyl sites for hydroxylation is 1. The highest BCUT2D eigenvalue weighted by Crippen LogP contribution is 2.43. The van der Waals surface area contributed by atoms with E-state index in [0.717, 1.165) is 49.8 Å². The summed E-state index contributed by atoms with van der Waals surface area (Å²) in [6.45, 7) is 6.29. The minimum Gasteiger partial charge on any atom is -0.497 e. The first-order chi connectivity index (χ1) is 20.3. The van der Waals surface area contributed by atoms with Gasteiger partial charge in [-0.25, -0.2) is 9.97 Å². The number of nitrogens with one attached hydrogen (secondary N) is 2. The van der Waals surface area contributed by atoms with Crippen molar-refractivity contribution < 1.29 is 23.7 Å². The van der Waals surface area contributed by atoms with Crippen molar-refractivity contribution in [2.24, 2.45) is 5.92 Å². The molecule has 3 aromatic heterocycles. The normalized spacial score (nSPS) is 22.6. The third-order valence-corrected chi connectivity index (χ3v) is 8.66. The SMILES string of the molecule is COc1cc(CCNc2nc(C)c(-c3nc4cnccc4s3)c(NC3CC(C=O)C4OC(C)(C)OC34)n2)cc(OC)c1. The van der Waals surface area contributed by atoms with Crippen LogP contribution >= 0.6 is 11.3 Å². The lowest BCUT2D eigenvalue weighted by atomic mass is 10.1. The Hall–Kier alpha value is -3.87. The fourth-order valence-electron chi connectivity index (χ4n) is 5.70. The Morgan fingerprint density at radius 3 is 2.57 bits per heavy atom. The van der Waals surface area contributed by atoms with Gasteiger partial charge in [-0.1, -0.05) is 0 Å². The maximum Gasteiger partial charge on any atom is 0.224 e. The van der Waals surface area contributed by atoms with E-state index in [-0.39, 0.29) is 24.2 Å². The van der Waals surface area contributed by atoms with Gasteiger partial charge in [-0.15, -0.1) is 11.3 Å². The van der Waals surface area contributed by atoms with Crippen LogP contribution in [0, 0.1) is 12.8 Å². The van der Waals surface area contributed by atoms with Gasteiger partial charge in [0, 0.05) is 24.7 Å². The molecule has 12 heteroatoms. The number of hydrogen-bond acceptors (Lipinski definition) is 12. The second-order valence-electron chi connectivity index (χ2n) is 11.0. The molecule has 1 saturated heterocycles. The van der Waals surface area contributed by atoms with Crippen LogP contribution in [0.3, 0.4) is 0 Å². The molecule has 6 rings (SSSR count). The Labute approximate surface area is 248 Å². The van der Waals surface area contributed by atoms with Crippen LogP contribution in [-0.2, 0) is 20.7 Å². The number of aromatic nitrogens is 4. The summed E-state index contributed by atoms with van der Waals surface area (Å²) in [7, 11) is 3.28. The van der Waals surface area contributed by atoms with E-state index in [1.54, 1.807) is 38.0 Å². The van der Waals surface area contributed by atoms with Gasteiger partial charge in [-0.05, 0) is 57.4 Å². The standard InChI is InChI=1S/C30H34N6O5S/c1-16-24(28-35-22-14-31-8-7-23(22)42-28)27(34-21-12-18(15-37)25-26(21)41-30(2,3)40-25)36-29(33-16)32-9-6-17-10-19(38-4)13-20(11-17)39-5/h7-8,10-11,13-15,18,21,25-26H,6,9,12H2,1-5H3,(H2,32,33,34,36). The van der Waals surface area contributed by atoms with E-state index in [1.165, 1.54) is 0 Å². The maximum absolute atomic E-state index is 11.9. The Kier molecular flexibility index (Phi) is 7.69. The third kappa shape index (κ3) is 5.61. The molecule has 2 aliphatic rings. The number of carbonyl (C=O) groups excluding carboxylic acids is 1. The number of aldehydes is 1. The van der Waals surface area contributed by atoms with E-state index in [0.29, 0.717) is 31.2 Å². The molecule has 1 saturated carbocycles. The minimum absolute atomic E-state index is 0.187. The average Bonchev–Trinajstić information content (AvgIpc) is 3.63. The molecule has 1 aliphatic carbocycles. The Balaban J connectivity index is 1.30. The molecule has 4 heterocycles. The molecular weight excluding hydrogens is 556 g/mol. The number of thiazole rings is 1. The van der Waals surface area contributed by atoms with Crippen LogP contribution in [0.2, 0.25) is 0 Å². The van der Waals surface area contributed by atoms with Crippen molar-refractivity contribution in [3.8, 4) is 22.1 Å². The van der Waals surface area contributed by atoms with Crippen LogP contribution in [0.15, 0.2) is 36.7 Å². The summed E-state index contributed by atoms with van der Waals surface area (Å²) >= 11 is 1.56. The molecule has 0 spiro atoms. The van der Waals surface area contributed by atoms with Crippen molar-refractivity contribution in [2.75, 3.05) is 31.4 Å². The summed E-state index contributed by atoms with van der Waals surface area (Å²) in [6, 6.07) is 7.58. The number of benzene rings is 1. The van der Waals surface area contributed by atoms with Crippen LogP contribution < -0.4 is 20.1 Å². The molecule has 42 heavy (non-hydrogen) atoms. The molecule has 2 fully saturated rings. The van der Waals surface area contributed by atoms with E-state index >= 15 is 0 Å². The number of ether oxygens (including phenoxy) is 4. The lowest BCUT2D eigenvalue weighted by Crippen LogP contribution is -2.35. The van der Waals surface area contributed by atoms with E-state index < -0.39 is 5.79 Å². The highest BCUT2D eigenvalue weighted by Gasteiger charge is 2.54. The van der Waals surface area contributed by atoms with E-state index in [4.69, 9.17) is 33.9 Å². The molecule has 0 bridgehead atoms. The summed E-state index contributed by atoms with van der Waals surface area (Å²) in [4.78, 5) is 30.7. The first-order valence-electron chi connectivity index (χ1n) is 13.9. The predicted molar refractivity (Wildman–Crippen MR) is 160 cm³/mol. The van der Waals surface area contributed by atoms with Crippen molar-refractivity contribution in [2.45, 2.75) is 57.6 Å². The molecular formula is C30H34N6O5S. The van der Waals surface area contributed by atoms with E-state index in [1.807, 2.05) is 45.0 Å². The second kappa shape index (κ2) is 11.4. The van der Waals surface area contributed by atoms with Gasteiger partial charge in [0.1, 0.15) is 40.2 Å². The lowest BCUT2D eigenvalue weighted by Gasteiger charge is -2.24.